The number of aliphatic hydroxyl groups excluding tert-OH is 1. The summed E-state index contributed by atoms with van der Waals surface area (Å²) in [6.07, 6.45) is 4.63. The van der Waals surface area contributed by atoms with E-state index in [0.29, 0.717) is 22.7 Å². The van der Waals surface area contributed by atoms with E-state index < -0.39 is 6.10 Å². The van der Waals surface area contributed by atoms with Gasteiger partial charge in [-0.15, -0.1) is 0 Å². The van der Waals surface area contributed by atoms with Crippen molar-refractivity contribution >= 4 is 16.9 Å². The number of para-hydroxylation sites is 1. The summed E-state index contributed by atoms with van der Waals surface area (Å²) in [6, 6.07) is 7.35. The van der Waals surface area contributed by atoms with Crippen molar-refractivity contribution in [3.05, 3.63) is 52.8 Å². The lowest BCUT2D eigenvalue weighted by molar-refractivity contribution is 0.0823. The van der Waals surface area contributed by atoms with Crippen molar-refractivity contribution in [3.63, 3.8) is 0 Å². The van der Waals surface area contributed by atoms with Gasteiger partial charge in [0.1, 0.15) is 11.9 Å². The minimum Gasteiger partial charge on any atom is -0.385 e. The third kappa shape index (κ3) is 2.91. The average molecular weight is 339 g/mol. The molecule has 7 heteroatoms. The molecule has 0 saturated carbocycles. The van der Waals surface area contributed by atoms with Gasteiger partial charge >= 0.3 is 0 Å². The van der Waals surface area contributed by atoms with Gasteiger partial charge in [-0.05, 0) is 30.9 Å². The molecular weight excluding hydrogens is 318 g/mol. The smallest absolute Gasteiger partial charge is 0.260 e. The van der Waals surface area contributed by atoms with Crippen LogP contribution in [0.25, 0.3) is 10.9 Å². The molecule has 1 saturated heterocycles. The Morgan fingerprint density at radius 3 is 2.76 bits per heavy atom. The zero-order valence-electron chi connectivity index (χ0n) is 14.1. The predicted molar refractivity (Wildman–Crippen MR) is 95.5 cm³/mol. The number of hydrogen-bond donors (Lipinski definition) is 2. The van der Waals surface area contributed by atoms with E-state index in [1.165, 1.54) is 0 Å². The van der Waals surface area contributed by atoms with Crippen LogP contribution in [-0.4, -0.2) is 37.7 Å². The molecule has 7 nitrogen and oxygen atoms in total. The van der Waals surface area contributed by atoms with Gasteiger partial charge in [0.15, 0.2) is 0 Å². The number of rotatable bonds is 3. The Balaban J connectivity index is 1.50. The number of piperidine rings is 1. The fraction of sp³-hybridized carbons (Fsp3) is 0.389. The number of fused-ring (bicyclic) bond motifs is 1. The van der Waals surface area contributed by atoms with Crippen molar-refractivity contribution in [1.82, 2.24) is 19.5 Å². The molecule has 2 aromatic heterocycles. The number of benzene rings is 1. The molecule has 25 heavy (non-hydrogen) atoms. The van der Waals surface area contributed by atoms with Gasteiger partial charge in [0.25, 0.3) is 5.56 Å². The molecule has 1 atom stereocenters. The number of anilines is 1. The van der Waals surface area contributed by atoms with Crippen LogP contribution in [0.4, 0.5) is 5.95 Å². The van der Waals surface area contributed by atoms with Gasteiger partial charge in [-0.2, -0.15) is 0 Å². The number of nitrogens with one attached hydrogen (secondary N) is 1. The molecule has 0 aliphatic carbocycles. The first-order chi connectivity index (χ1) is 12.1. The van der Waals surface area contributed by atoms with E-state index in [2.05, 4.69) is 19.9 Å². The molecule has 130 valence electrons. The third-order valence-corrected chi connectivity index (χ3v) is 5.01. The number of aromatic amines is 1. The highest BCUT2D eigenvalue weighted by Crippen LogP contribution is 2.30. The molecule has 0 spiro atoms. The topological polar surface area (TPSA) is 87.0 Å². The van der Waals surface area contributed by atoms with Gasteiger partial charge in [-0.25, -0.2) is 9.97 Å². The summed E-state index contributed by atoms with van der Waals surface area (Å²) < 4.78 is 1.86. The van der Waals surface area contributed by atoms with Crippen LogP contribution < -0.4 is 10.5 Å². The van der Waals surface area contributed by atoms with Crippen molar-refractivity contribution in [2.75, 3.05) is 18.0 Å². The van der Waals surface area contributed by atoms with E-state index in [9.17, 15) is 9.90 Å². The van der Waals surface area contributed by atoms with E-state index in [4.69, 9.17) is 0 Å². The average Bonchev–Trinajstić information content (AvgIpc) is 3.07. The predicted octanol–water partition coefficient (Wildman–Crippen LogP) is 1.61. The number of aliphatic hydroxyl groups is 1. The largest absolute Gasteiger partial charge is 0.385 e. The van der Waals surface area contributed by atoms with Crippen LogP contribution in [0.15, 0.2) is 41.5 Å². The fourth-order valence-electron chi connectivity index (χ4n) is 3.52. The Labute approximate surface area is 145 Å². The monoisotopic (exact) mass is 339 g/mol. The number of aromatic nitrogens is 4. The molecule has 3 heterocycles. The standard InChI is InChI=1S/C18H21N5O2/c1-22-11-8-19-16(22)15(24)12-6-9-23(10-7-12)18-20-14-5-3-2-4-13(14)17(25)21-18/h2-5,8,11-12,15,24H,6-7,9-10H2,1H3,(H,20,21,25). The van der Waals surface area contributed by atoms with Gasteiger partial charge in [0.2, 0.25) is 5.95 Å². The van der Waals surface area contributed by atoms with Crippen molar-refractivity contribution in [3.8, 4) is 0 Å². The Morgan fingerprint density at radius 2 is 2.04 bits per heavy atom. The molecule has 1 aromatic carbocycles. The summed E-state index contributed by atoms with van der Waals surface area (Å²) in [6.45, 7) is 1.49. The van der Waals surface area contributed by atoms with Crippen LogP contribution in [0.3, 0.4) is 0 Å². The fourth-order valence-corrected chi connectivity index (χ4v) is 3.52. The molecule has 0 bridgehead atoms. The van der Waals surface area contributed by atoms with Crippen LogP contribution in [0.5, 0.6) is 0 Å². The van der Waals surface area contributed by atoms with E-state index in [-0.39, 0.29) is 11.5 Å². The molecule has 1 unspecified atom stereocenters. The molecule has 0 amide bonds. The zero-order valence-corrected chi connectivity index (χ0v) is 14.1. The van der Waals surface area contributed by atoms with E-state index >= 15 is 0 Å². The van der Waals surface area contributed by atoms with Crippen LogP contribution in [-0.2, 0) is 7.05 Å². The molecule has 0 radical (unpaired) electrons. The lowest BCUT2D eigenvalue weighted by atomic mass is 9.91. The lowest BCUT2D eigenvalue weighted by Gasteiger charge is -2.34. The Bertz CT molecular complexity index is 940. The van der Waals surface area contributed by atoms with Gasteiger partial charge in [-0.1, -0.05) is 12.1 Å². The third-order valence-electron chi connectivity index (χ3n) is 5.01. The summed E-state index contributed by atoms with van der Waals surface area (Å²) in [5.41, 5.74) is 0.590. The molecule has 1 fully saturated rings. The zero-order chi connectivity index (χ0) is 17.4. The maximum absolute atomic E-state index is 12.2. The molecule has 1 aliphatic heterocycles. The maximum atomic E-state index is 12.2. The van der Waals surface area contributed by atoms with Gasteiger partial charge in [0.05, 0.1) is 10.9 Å². The maximum Gasteiger partial charge on any atom is 0.260 e. The van der Waals surface area contributed by atoms with Crippen LogP contribution >= 0.6 is 0 Å². The highest BCUT2D eigenvalue weighted by molar-refractivity contribution is 5.78. The van der Waals surface area contributed by atoms with E-state index in [1.807, 2.05) is 36.0 Å². The molecule has 2 N–H and O–H groups in total. The molecular formula is C18H21N5O2. The number of aryl methyl sites for hydroxylation is 1. The summed E-state index contributed by atoms with van der Waals surface area (Å²) >= 11 is 0. The number of hydrogen-bond acceptors (Lipinski definition) is 5. The molecule has 3 aromatic rings. The first-order valence-electron chi connectivity index (χ1n) is 8.53. The Morgan fingerprint density at radius 1 is 1.28 bits per heavy atom. The summed E-state index contributed by atoms with van der Waals surface area (Å²) in [7, 11) is 1.89. The summed E-state index contributed by atoms with van der Waals surface area (Å²) in [5, 5.41) is 11.2. The van der Waals surface area contributed by atoms with Crippen molar-refractivity contribution in [2.45, 2.75) is 18.9 Å². The first kappa shape index (κ1) is 15.8. The van der Waals surface area contributed by atoms with Crippen LogP contribution in [0.2, 0.25) is 0 Å². The Hall–Kier alpha value is -2.67. The Kier molecular flexibility index (Phi) is 4.01. The highest BCUT2D eigenvalue weighted by Gasteiger charge is 2.29. The van der Waals surface area contributed by atoms with Crippen molar-refractivity contribution in [1.29, 1.82) is 0 Å². The number of nitrogens with zero attached hydrogens (tertiary/aromatic N) is 4. The quantitative estimate of drug-likeness (QED) is 0.757. The summed E-state index contributed by atoms with van der Waals surface area (Å²) in [5.74, 6) is 1.47. The van der Waals surface area contributed by atoms with Crippen LogP contribution in [0, 0.1) is 5.92 Å². The number of H-pyrrole nitrogens is 1. The van der Waals surface area contributed by atoms with Gasteiger partial charge < -0.3 is 14.6 Å². The normalized spacial score (nSPS) is 17.1. The van der Waals surface area contributed by atoms with Crippen molar-refractivity contribution in [2.24, 2.45) is 13.0 Å². The van der Waals surface area contributed by atoms with E-state index in [0.717, 1.165) is 25.9 Å². The first-order valence-corrected chi connectivity index (χ1v) is 8.53. The lowest BCUT2D eigenvalue weighted by Crippen LogP contribution is -2.37. The van der Waals surface area contributed by atoms with Gasteiger partial charge in [0, 0.05) is 32.5 Å². The van der Waals surface area contributed by atoms with Gasteiger partial charge in [-0.3, -0.25) is 9.78 Å². The minimum atomic E-state index is -0.564. The second-order valence-electron chi connectivity index (χ2n) is 6.57. The second kappa shape index (κ2) is 6.33. The highest BCUT2D eigenvalue weighted by atomic mass is 16.3. The molecule has 1 aliphatic rings. The second-order valence-corrected chi connectivity index (χ2v) is 6.57. The van der Waals surface area contributed by atoms with Crippen molar-refractivity contribution < 1.29 is 5.11 Å². The van der Waals surface area contributed by atoms with E-state index in [1.54, 1.807) is 12.3 Å². The summed E-state index contributed by atoms with van der Waals surface area (Å²) in [4.78, 5) is 26.0. The SMILES string of the molecule is Cn1ccnc1C(O)C1CCN(c2nc3ccccc3c(=O)[nH]2)CC1. The number of imidazole rings is 1. The minimum absolute atomic E-state index is 0.115. The molecule has 4 rings (SSSR count). The van der Waals surface area contributed by atoms with Crippen LogP contribution in [0.1, 0.15) is 24.8 Å².